The van der Waals surface area contributed by atoms with E-state index in [-0.39, 0.29) is 11.6 Å². The molecule has 2 aromatic rings. The summed E-state index contributed by atoms with van der Waals surface area (Å²) in [5.74, 6) is 1.10. The molecule has 0 aliphatic heterocycles. The number of aromatic nitrogens is 3. The van der Waals surface area contributed by atoms with Gasteiger partial charge in [-0.2, -0.15) is 0 Å². The van der Waals surface area contributed by atoms with Crippen LogP contribution in [-0.2, 0) is 21.1 Å². The smallest absolute Gasteiger partial charge is 0.410 e. The number of aliphatic hydroxyl groups excluding tert-OH is 1. The Morgan fingerprint density at radius 1 is 1.17 bits per heavy atom. The zero-order chi connectivity index (χ0) is 32.1. The van der Waals surface area contributed by atoms with Crippen molar-refractivity contribution in [2.45, 2.75) is 109 Å². The van der Waals surface area contributed by atoms with Gasteiger partial charge in [0.1, 0.15) is 17.2 Å². The van der Waals surface area contributed by atoms with Crippen LogP contribution in [0.25, 0.3) is 0 Å². The Morgan fingerprint density at radius 3 is 2.36 bits per heavy atom. The van der Waals surface area contributed by atoms with Crippen molar-refractivity contribution >= 4 is 37.8 Å². The topological polar surface area (TPSA) is 110 Å². The monoisotopic (exact) mass is 617 g/mol. The van der Waals surface area contributed by atoms with Crippen molar-refractivity contribution in [3.8, 4) is 0 Å². The summed E-state index contributed by atoms with van der Waals surface area (Å²) in [6, 6.07) is 5.57. The minimum Gasteiger partial charge on any atom is -0.444 e. The minimum atomic E-state index is -2.14. The maximum Gasteiger partial charge on any atom is 0.410 e. The maximum absolute atomic E-state index is 12.5. The van der Waals surface area contributed by atoms with Gasteiger partial charge in [0.15, 0.2) is 13.5 Å². The van der Waals surface area contributed by atoms with E-state index < -0.39 is 31.5 Å². The Morgan fingerprint density at radius 2 is 1.81 bits per heavy atom. The highest BCUT2D eigenvalue weighted by Crippen LogP contribution is 2.41. The van der Waals surface area contributed by atoms with E-state index in [9.17, 15) is 9.90 Å². The van der Waals surface area contributed by atoms with Crippen molar-refractivity contribution in [2.75, 3.05) is 25.2 Å². The third-order valence-electron chi connectivity index (χ3n) is 7.54. The van der Waals surface area contributed by atoms with E-state index in [0.717, 1.165) is 11.1 Å². The standard InChI is InChI=1S/C31H51N5O4SSi/c1-21(2)17-24(37)31(9,20-39-42(12,13)30(6,7)8)23-18-32-27(41-11)35-26(23)34-25-16-14-15-22(33-25)19-36(10)28(38)40-29(3,4)5/h14-16,18,24,37H,1,17,19-20H2,2-13H3,(H,32,33,34,35)/t24-,31+/m0/s1. The van der Waals surface area contributed by atoms with E-state index in [1.807, 2.05) is 59.1 Å². The van der Waals surface area contributed by atoms with Crippen LogP contribution in [-0.4, -0.2) is 71.0 Å². The zero-order valence-electron chi connectivity index (χ0n) is 27.6. The number of aliphatic hydroxyl groups is 1. The second-order valence-electron chi connectivity index (χ2n) is 13.7. The number of carbonyl (C=O) groups excluding carboxylic acids is 1. The molecule has 0 unspecified atom stereocenters. The van der Waals surface area contributed by atoms with E-state index in [4.69, 9.17) is 19.1 Å². The average Bonchev–Trinajstić information content (AvgIpc) is 2.85. The fourth-order valence-electron chi connectivity index (χ4n) is 3.84. The highest BCUT2D eigenvalue weighted by molar-refractivity contribution is 7.98. The van der Waals surface area contributed by atoms with Crippen molar-refractivity contribution in [1.82, 2.24) is 19.9 Å². The summed E-state index contributed by atoms with van der Waals surface area (Å²) in [6.45, 7) is 25.0. The van der Waals surface area contributed by atoms with E-state index in [0.29, 0.717) is 35.5 Å². The number of rotatable bonds is 12. The number of ether oxygens (including phenoxy) is 1. The molecule has 0 spiro atoms. The number of hydrogen-bond acceptors (Lipinski definition) is 9. The van der Waals surface area contributed by atoms with Gasteiger partial charge in [-0.3, -0.25) is 0 Å². The molecule has 0 aliphatic rings. The lowest BCUT2D eigenvalue weighted by Crippen LogP contribution is -2.48. The van der Waals surface area contributed by atoms with Crippen LogP contribution in [0.3, 0.4) is 0 Å². The molecular weight excluding hydrogens is 567 g/mol. The quantitative estimate of drug-likeness (QED) is 0.110. The van der Waals surface area contributed by atoms with Crippen LogP contribution in [0.4, 0.5) is 16.4 Å². The van der Waals surface area contributed by atoms with Crippen molar-refractivity contribution in [3.63, 3.8) is 0 Å². The molecule has 0 aliphatic carbocycles. The average molecular weight is 618 g/mol. The van der Waals surface area contributed by atoms with Crippen LogP contribution >= 0.6 is 11.8 Å². The van der Waals surface area contributed by atoms with Gasteiger partial charge in [-0.15, -0.1) is 6.58 Å². The first-order valence-electron chi connectivity index (χ1n) is 14.2. The molecule has 0 aromatic carbocycles. The zero-order valence-corrected chi connectivity index (χ0v) is 29.4. The third kappa shape index (κ3) is 9.79. The second kappa shape index (κ2) is 13.9. The number of nitrogens with one attached hydrogen (secondary N) is 1. The molecule has 0 fully saturated rings. The largest absolute Gasteiger partial charge is 0.444 e. The summed E-state index contributed by atoms with van der Waals surface area (Å²) in [5.41, 5.74) is 0.852. The molecule has 234 valence electrons. The summed E-state index contributed by atoms with van der Waals surface area (Å²) in [6.07, 6.45) is 2.89. The van der Waals surface area contributed by atoms with Gasteiger partial charge >= 0.3 is 6.09 Å². The lowest BCUT2D eigenvalue weighted by atomic mass is 9.76. The van der Waals surface area contributed by atoms with Crippen molar-refractivity contribution in [1.29, 1.82) is 0 Å². The Labute approximate surface area is 258 Å². The molecule has 2 N–H and O–H groups in total. The van der Waals surface area contributed by atoms with Crippen molar-refractivity contribution in [2.24, 2.45) is 0 Å². The molecule has 42 heavy (non-hydrogen) atoms. The molecule has 2 heterocycles. The van der Waals surface area contributed by atoms with E-state index in [2.05, 4.69) is 50.7 Å². The van der Waals surface area contributed by atoms with Gasteiger partial charge in [0.2, 0.25) is 0 Å². The van der Waals surface area contributed by atoms with Crippen molar-refractivity contribution in [3.05, 3.63) is 47.8 Å². The number of carbonyl (C=O) groups is 1. The molecule has 0 saturated carbocycles. The SMILES string of the molecule is C=C(C)C[C@H](O)[C@](C)(CO[Si](C)(C)C(C)(C)C)c1cnc(SC)nc1Nc1cccc(CN(C)C(=O)OC(C)(C)C)n1. The fourth-order valence-corrected chi connectivity index (χ4v) is 5.27. The van der Waals surface area contributed by atoms with Crippen LogP contribution in [0.15, 0.2) is 41.7 Å². The highest BCUT2D eigenvalue weighted by Gasteiger charge is 2.43. The maximum atomic E-state index is 12.5. The Bertz CT molecular complexity index is 1240. The number of hydrogen-bond donors (Lipinski definition) is 2. The molecule has 2 aromatic heterocycles. The normalized spacial score (nSPS) is 14.6. The van der Waals surface area contributed by atoms with Gasteiger partial charge in [-0.05, 0) is 70.6 Å². The number of nitrogens with zero attached hydrogens (tertiary/aromatic N) is 4. The molecule has 9 nitrogen and oxygen atoms in total. The number of thioether (sulfide) groups is 1. The summed E-state index contributed by atoms with van der Waals surface area (Å²) >= 11 is 1.43. The van der Waals surface area contributed by atoms with Gasteiger partial charge in [0, 0.05) is 30.8 Å². The van der Waals surface area contributed by atoms with Gasteiger partial charge < -0.3 is 24.5 Å². The first kappa shape index (κ1) is 35.7. The predicted molar refractivity (Wildman–Crippen MR) is 175 cm³/mol. The molecular formula is C31H51N5O4SSi. The Hall–Kier alpha value is -2.47. The van der Waals surface area contributed by atoms with Crippen molar-refractivity contribution < 1.29 is 19.1 Å². The predicted octanol–water partition coefficient (Wildman–Crippen LogP) is 7.31. The van der Waals surface area contributed by atoms with E-state index in [1.54, 1.807) is 13.2 Å². The van der Waals surface area contributed by atoms with Gasteiger partial charge in [0.25, 0.3) is 0 Å². The highest BCUT2D eigenvalue weighted by atomic mass is 32.2. The molecule has 0 radical (unpaired) electrons. The second-order valence-corrected chi connectivity index (χ2v) is 19.3. The molecule has 0 saturated heterocycles. The summed E-state index contributed by atoms with van der Waals surface area (Å²) in [7, 11) is -0.464. The summed E-state index contributed by atoms with van der Waals surface area (Å²) in [4.78, 5) is 28.1. The van der Waals surface area contributed by atoms with Crippen LogP contribution < -0.4 is 5.32 Å². The Kier molecular flexibility index (Phi) is 11.8. The fraction of sp³-hybridized carbons (Fsp3) is 0.613. The number of anilines is 2. The molecule has 2 atom stereocenters. The van der Waals surface area contributed by atoms with Gasteiger partial charge in [0.05, 0.1) is 18.3 Å². The van der Waals surface area contributed by atoms with Gasteiger partial charge in [-0.25, -0.2) is 19.7 Å². The third-order valence-corrected chi connectivity index (χ3v) is 12.6. The molecule has 11 heteroatoms. The molecule has 0 bridgehead atoms. The minimum absolute atomic E-state index is 0.00429. The van der Waals surface area contributed by atoms with Crippen LogP contribution in [0, 0.1) is 0 Å². The first-order valence-corrected chi connectivity index (χ1v) is 18.4. The Balaban J connectivity index is 2.50. The summed E-state index contributed by atoms with van der Waals surface area (Å²) < 4.78 is 12.2. The van der Waals surface area contributed by atoms with Crippen LogP contribution in [0.2, 0.25) is 18.1 Å². The van der Waals surface area contributed by atoms with Crippen LogP contribution in [0.5, 0.6) is 0 Å². The summed E-state index contributed by atoms with van der Waals surface area (Å²) in [5, 5.41) is 15.6. The first-order chi connectivity index (χ1) is 19.2. The molecule has 1 amide bonds. The van der Waals surface area contributed by atoms with Crippen LogP contribution in [0.1, 0.15) is 73.1 Å². The number of pyridine rings is 1. The van der Waals surface area contributed by atoms with E-state index >= 15 is 0 Å². The van der Waals surface area contributed by atoms with Gasteiger partial charge in [-0.1, -0.05) is 51.1 Å². The molecule has 2 rings (SSSR count). The van der Waals surface area contributed by atoms with E-state index in [1.165, 1.54) is 16.7 Å². The number of amides is 1. The lowest BCUT2D eigenvalue weighted by molar-refractivity contribution is 0.0283. The lowest BCUT2D eigenvalue weighted by Gasteiger charge is -2.42.